The first kappa shape index (κ1) is 22.6. The Kier molecular flexibility index (Phi) is 8.10. The molecule has 30 heavy (non-hydrogen) atoms. The number of carbonyl (C=O) groups excluding carboxylic acids is 1. The lowest BCUT2D eigenvalue weighted by atomic mass is 9.93. The van der Waals surface area contributed by atoms with E-state index in [0.717, 1.165) is 26.1 Å². The Labute approximate surface area is 183 Å². The van der Waals surface area contributed by atoms with Crippen LogP contribution >= 0.6 is 11.3 Å². The largest absolute Gasteiger partial charge is 0.497 e. The molecule has 0 saturated carbocycles. The van der Waals surface area contributed by atoms with Gasteiger partial charge in [-0.25, -0.2) is 4.98 Å². The molecule has 1 N–H and O–H groups in total. The lowest BCUT2D eigenvalue weighted by Gasteiger charge is -2.32. The molecule has 1 aromatic carbocycles. The third-order valence-electron chi connectivity index (χ3n) is 5.54. The zero-order valence-electron chi connectivity index (χ0n) is 18.4. The Morgan fingerprint density at radius 1 is 1.27 bits per heavy atom. The summed E-state index contributed by atoms with van der Waals surface area (Å²) in [5, 5.41) is 6.35. The summed E-state index contributed by atoms with van der Waals surface area (Å²) >= 11 is 1.76. The molecule has 3 rings (SSSR count). The van der Waals surface area contributed by atoms with Crippen LogP contribution in [0, 0.1) is 5.92 Å². The van der Waals surface area contributed by atoms with Crippen LogP contribution in [0.2, 0.25) is 0 Å². The van der Waals surface area contributed by atoms with E-state index in [9.17, 15) is 4.79 Å². The number of methoxy groups -OCH3 is 2. The first-order valence-electron chi connectivity index (χ1n) is 10.7. The summed E-state index contributed by atoms with van der Waals surface area (Å²) in [5.74, 6) is 2.38. The van der Waals surface area contributed by atoms with E-state index in [4.69, 9.17) is 14.5 Å². The van der Waals surface area contributed by atoms with Gasteiger partial charge in [-0.1, -0.05) is 13.8 Å². The second-order valence-corrected chi connectivity index (χ2v) is 9.20. The molecule has 1 aromatic heterocycles. The first-order chi connectivity index (χ1) is 14.5. The number of rotatable bonds is 9. The van der Waals surface area contributed by atoms with Gasteiger partial charge in [0.05, 0.1) is 26.5 Å². The normalized spacial score (nSPS) is 17.2. The van der Waals surface area contributed by atoms with Crippen molar-refractivity contribution in [3.63, 3.8) is 0 Å². The second-order valence-electron chi connectivity index (χ2n) is 8.25. The van der Waals surface area contributed by atoms with Crippen LogP contribution < -0.4 is 14.8 Å². The summed E-state index contributed by atoms with van der Waals surface area (Å²) in [6.45, 7) is 7.44. The predicted molar refractivity (Wildman–Crippen MR) is 122 cm³/mol. The van der Waals surface area contributed by atoms with Crippen molar-refractivity contribution in [1.29, 1.82) is 0 Å². The molecular weight excluding hydrogens is 398 g/mol. The number of likely N-dealkylation sites (tertiary alicyclic amines) is 1. The number of hydrogen-bond donors (Lipinski definition) is 1. The number of piperidine rings is 1. The zero-order valence-corrected chi connectivity index (χ0v) is 19.3. The van der Waals surface area contributed by atoms with E-state index < -0.39 is 0 Å². The molecule has 2 aromatic rings. The van der Waals surface area contributed by atoms with Gasteiger partial charge in [0.15, 0.2) is 0 Å². The van der Waals surface area contributed by atoms with Crippen LogP contribution in [0.5, 0.6) is 11.5 Å². The summed E-state index contributed by atoms with van der Waals surface area (Å²) < 4.78 is 10.5. The number of carbonyl (C=O) groups is 1. The molecule has 2 heterocycles. The highest BCUT2D eigenvalue weighted by Crippen LogP contribution is 2.27. The minimum absolute atomic E-state index is 0.0314. The Balaban J connectivity index is 1.47. The molecule has 1 atom stereocenters. The highest BCUT2D eigenvalue weighted by molar-refractivity contribution is 7.09. The van der Waals surface area contributed by atoms with Gasteiger partial charge < -0.3 is 14.8 Å². The number of aromatic nitrogens is 1. The number of nitrogens with zero attached hydrogens (tertiary/aromatic N) is 2. The number of amides is 1. The summed E-state index contributed by atoms with van der Waals surface area (Å²) in [6, 6.07) is 5.41. The van der Waals surface area contributed by atoms with E-state index in [1.807, 2.05) is 12.1 Å². The zero-order chi connectivity index (χ0) is 21.5. The van der Waals surface area contributed by atoms with Crippen LogP contribution in [-0.2, 0) is 11.3 Å². The molecule has 0 radical (unpaired) electrons. The maximum atomic E-state index is 12.5. The number of hydrogen-bond acceptors (Lipinski definition) is 6. The van der Waals surface area contributed by atoms with Gasteiger partial charge in [-0.15, -0.1) is 11.3 Å². The topological polar surface area (TPSA) is 63.7 Å². The third kappa shape index (κ3) is 6.44. The van der Waals surface area contributed by atoms with Crippen LogP contribution in [-0.4, -0.2) is 43.1 Å². The van der Waals surface area contributed by atoms with Crippen molar-refractivity contribution in [3.05, 3.63) is 34.3 Å². The Hall–Kier alpha value is -2.12. The van der Waals surface area contributed by atoms with Crippen LogP contribution in [0.4, 0.5) is 5.69 Å². The van der Waals surface area contributed by atoms with Crippen LogP contribution in [0.3, 0.4) is 0 Å². The predicted octanol–water partition coefficient (Wildman–Crippen LogP) is 4.91. The maximum Gasteiger partial charge on any atom is 0.224 e. The average Bonchev–Trinajstić information content (AvgIpc) is 3.21. The summed E-state index contributed by atoms with van der Waals surface area (Å²) in [6.07, 6.45) is 3.79. The van der Waals surface area contributed by atoms with E-state index in [2.05, 4.69) is 29.4 Å². The van der Waals surface area contributed by atoms with E-state index in [0.29, 0.717) is 35.4 Å². The number of benzene rings is 1. The Bertz CT molecular complexity index is 815. The molecule has 7 heteroatoms. The molecule has 1 amide bonds. The van der Waals surface area contributed by atoms with Crippen molar-refractivity contribution in [2.24, 2.45) is 5.92 Å². The molecule has 1 fully saturated rings. The summed E-state index contributed by atoms with van der Waals surface area (Å²) in [4.78, 5) is 19.7. The van der Waals surface area contributed by atoms with E-state index in [-0.39, 0.29) is 5.91 Å². The number of thiazole rings is 1. The van der Waals surface area contributed by atoms with Crippen molar-refractivity contribution in [2.75, 3.05) is 32.6 Å². The van der Waals surface area contributed by atoms with Crippen molar-refractivity contribution < 1.29 is 14.3 Å². The molecule has 0 bridgehead atoms. The summed E-state index contributed by atoms with van der Waals surface area (Å²) in [5.41, 5.74) is 1.89. The SMILES string of the molecule is COc1cc(NC(=O)CC[C@@H]2CCCN(Cc3nc(C(C)C)cs3)C2)cc(OC)c1. The molecule has 164 valence electrons. The first-order valence-corrected chi connectivity index (χ1v) is 11.5. The quantitative estimate of drug-likeness (QED) is 0.611. The standard InChI is InChI=1S/C23H33N3O3S/c1-16(2)21-15-30-23(25-21)14-26-9-5-6-17(13-26)7-8-22(27)24-18-10-19(28-3)12-20(11-18)29-4/h10-12,15-17H,5-9,13-14H2,1-4H3,(H,24,27)/t17-/m0/s1. The minimum Gasteiger partial charge on any atom is -0.497 e. The fraction of sp³-hybridized carbons (Fsp3) is 0.565. The van der Waals surface area contributed by atoms with Gasteiger partial charge in [-0.2, -0.15) is 0 Å². The maximum absolute atomic E-state index is 12.5. The van der Waals surface area contributed by atoms with E-state index in [1.165, 1.54) is 23.5 Å². The van der Waals surface area contributed by atoms with Crippen LogP contribution in [0.15, 0.2) is 23.6 Å². The van der Waals surface area contributed by atoms with E-state index >= 15 is 0 Å². The van der Waals surface area contributed by atoms with Crippen molar-refractivity contribution >= 4 is 22.9 Å². The van der Waals surface area contributed by atoms with Crippen molar-refractivity contribution in [2.45, 2.75) is 52.0 Å². The molecule has 0 aliphatic carbocycles. The Morgan fingerprint density at radius 2 is 2.00 bits per heavy atom. The molecule has 1 aliphatic rings. The van der Waals surface area contributed by atoms with Crippen LogP contribution in [0.25, 0.3) is 0 Å². The van der Waals surface area contributed by atoms with Gasteiger partial charge in [0, 0.05) is 42.2 Å². The number of anilines is 1. The molecule has 1 aliphatic heterocycles. The van der Waals surface area contributed by atoms with Gasteiger partial charge >= 0.3 is 0 Å². The van der Waals surface area contributed by atoms with Gasteiger partial charge in [-0.05, 0) is 37.6 Å². The average molecular weight is 432 g/mol. The fourth-order valence-corrected chi connectivity index (χ4v) is 4.82. The number of nitrogens with one attached hydrogen (secondary N) is 1. The van der Waals surface area contributed by atoms with Crippen molar-refractivity contribution in [3.8, 4) is 11.5 Å². The molecular formula is C23H33N3O3S. The lowest BCUT2D eigenvalue weighted by molar-refractivity contribution is -0.116. The molecule has 0 spiro atoms. The molecule has 6 nitrogen and oxygen atoms in total. The molecule has 1 saturated heterocycles. The highest BCUT2D eigenvalue weighted by atomic mass is 32.1. The van der Waals surface area contributed by atoms with Crippen molar-refractivity contribution in [1.82, 2.24) is 9.88 Å². The highest BCUT2D eigenvalue weighted by Gasteiger charge is 2.22. The lowest BCUT2D eigenvalue weighted by Crippen LogP contribution is -2.35. The third-order valence-corrected chi connectivity index (χ3v) is 6.39. The molecule has 0 unspecified atom stereocenters. The second kappa shape index (κ2) is 10.8. The van der Waals surface area contributed by atoms with Gasteiger partial charge in [0.25, 0.3) is 0 Å². The minimum atomic E-state index is 0.0314. The smallest absolute Gasteiger partial charge is 0.224 e. The fourth-order valence-electron chi connectivity index (χ4n) is 3.82. The van der Waals surface area contributed by atoms with E-state index in [1.54, 1.807) is 31.6 Å². The van der Waals surface area contributed by atoms with Gasteiger partial charge in [0.1, 0.15) is 16.5 Å². The van der Waals surface area contributed by atoms with Gasteiger partial charge in [-0.3, -0.25) is 9.69 Å². The Morgan fingerprint density at radius 3 is 2.63 bits per heavy atom. The number of ether oxygens (including phenoxy) is 2. The van der Waals surface area contributed by atoms with Crippen LogP contribution in [0.1, 0.15) is 56.2 Å². The summed E-state index contributed by atoms with van der Waals surface area (Å²) in [7, 11) is 3.20. The monoisotopic (exact) mass is 431 g/mol. The van der Waals surface area contributed by atoms with Gasteiger partial charge in [0.2, 0.25) is 5.91 Å².